The van der Waals surface area contributed by atoms with Gasteiger partial charge in [0.15, 0.2) is 11.0 Å². The lowest BCUT2D eigenvalue weighted by atomic mass is 9.87. The van der Waals surface area contributed by atoms with Crippen molar-refractivity contribution in [3.05, 3.63) is 95.8 Å². The average Bonchev–Trinajstić information content (AvgIpc) is 3.28. The lowest BCUT2D eigenvalue weighted by molar-refractivity contribution is -0.118. The molecule has 0 aliphatic carbocycles. The summed E-state index contributed by atoms with van der Waals surface area (Å²) in [6.45, 7) is 6.54. The van der Waals surface area contributed by atoms with E-state index < -0.39 is 0 Å². The van der Waals surface area contributed by atoms with Gasteiger partial charge in [-0.15, -0.1) is 10.2 Å². The zero-order valence-corrected chi connectivity index (χ0v) is 20.6. The highest BCUT2D eigenvalue weighted by Crippen LogP contribution is 2.30. The van der Waals surface area contributed by atoms with Crippen molar-refractivity contribution in [1.29, 1.82) is 0 Å². The number of hydrazone groups is 1. The lowest BCUT2D eigenvalue weighted by Gasteiger charge is -2.19. The molecule has 0 radical (unpaired) electrons. The summed E-state index contributed by atoms with van der Waals surface area (Å²) in [5.41, 5.74) is 6.31. The Bertz CT molecular complexity index is 1310. The minimum Gasteiger partial charge on any atom is -0.272 e. The van der Waals surface area contributed by atoms with Crippen LogP contribution in [0.1, 0.15) is 31.9 Å². The quantitative estimate of drug-likeness (QED) is 0.209. The van der Waals surface area contributed by atoms with E-state index in [4.69, 9.17) is 0 Å². The first-order valence-corrected chi connectivity index (χ1v) is 12.1. The zero-order valence-electron chi connectivity index (χ0n) is 19.8. The number of carbonyl (C=O) groups excluding carboxylic acids is 1. The molecule has 35 heavy (non-hydrogen) atoms. The largest absolute Gasteiger partial charge is 0.272 e. The van der Waals surface area contributed by atoms with E-state index in [0.29, 0.717) is 16.5 Å². The molecular weight excluding hydrogens is 461 g/mol. The van der Waals surface area contributed by atoms with Crippen LogP contribution in [0.4, 0.5) is 4.39 Å². The zero-order chi connectivity index (χ0) is 24.8. The summed E-state index contributed by atoms with van der Waals surface area (Å²) < 4.78 is 14.9. The summed E-state index contributed by atoms with van der Waals surface area (Å²) >= 11 is 1.27. The van der Waals surface area contributed by atoms with Crippen molar-refractivity contribution in [2.24, 2.45) is 5.10 Å². The van der Waals surface area contributed by atoms with Gasteiger partial charge >= 0.3 is 0 Å². The molecule has 8 heteroatoms. The SMILES string of the molecule is CC(C)(C)c1ccc(-c2nnc(SCC(=O)N/N=C\c3ccc(F)cc3)n2-c2ccccc2)cc1. The Labute approximate surface area is 208 Å². The number of benzene rings is 3. The fraction of sp³-hybridized carbons (Fsp3) is 0.185. The van der Waals surface area contributed by atoms with Gasteiger partial charge in [-0.05, 0) is 40.8 Å². The van der Waals surface area contributed by atoms with Crippen molar-refractivity contribution < 1.29 is 9.18 Å². The molecule has 0 unspecified atom stereocenters. The van der Waals surface area contributed by atoms with Crippen LogP contribution in [0.2, 0.25) is 0 Å². The van der Waals surface area contributed by atoms with Gasteiger partial charge < -0.3 is 0 Å². The first-order valence-electron chi connectivity index (χ1n) is 11.1. The number of carbonyl (C=O) groups is 1. The molecule has 4 aromatic rings. The van der Waals surface area contributed by atoms with Gasteiger partial charge in [-0.2, -0.15) is 5.10 Å². The van der Waals surface area contributed by atoms with Gasteiger partial charge in [-0.25, -0.2) is 9.82 Å². The third-order valence-corrected chi connectivity index (χ3v) is 6.19. The van der Waals surface area contributed by atoms with Gasteiger partial charge in [0.05, 0.1) is 12.0 Å². The van der Waals surface area contributed by atoms with Gasteiger partial charge in [-0.3, -0.25) is 9.36 Å². The molecule has 1 aromatic heterocycles. The van der Waals surface area contributed by atoms with E-state index in [1.54, 1.807) is 12.1 Å². The monoisotopic (exact) mass is 487 g/mol. The number of halogens is 1. The van der Waals surface area contributed by atoms with E-state index >= 15 is 0 Å². The van der Waals surface area contributed by atoms with Gasteiger partial charge in [0.1, 0.15) is 5.82 Å². The number of hydrogen-bond acceptors (Lipinski definition) is 5. The summed E-state index contributed by atoms with van der Waals surface area (Å²) in [7, 11) is 0. The second-order valence-corrected chi connectivity index (χ2v) is 9.88. The first-order chi connectivity index (χ1) is 16.8. The molecule has 0 saturated heterocycles. The number of thioether (sulfide) groups is 1. The molecule has 1 amide bonds. The van der Waals surface area contributed by atoms with E-state index in [-0.39, 0.29) is 22.9 Å². The van der Waals surface area contributed by atoms with Gasteiger partial charge in [0.25, 0.3) is 5.91 Å². The fourth-order valence-corrected chi connectivity index (χ4v) is 4.11. The smallest absolute Gasteiger partial charge is 0.250 e. The van der Waals surface area contributed by atoms with E-state index in [0.717, 1.165) is 11.3 Å². The minimum absolute atomic E-state index is 0.0548. The predicted molar refractivity (Wildman–Crippen MR) is 138 cm³/mol. The Kier molecular flexibility index (Phi) is 7.41. The molecule has 6 nitrogen and oxygen atoms in total. The van der Waals surface area contributed by atoms with Crippen LogP contribution >= 0.6 is 11.8 Å². The van der Waals surface area contributed by atoms with Crippen LogP contribution in [-0.4, -0.2) is 32.6 Å². The standard InChI is InChI=1S/C27H26FN5OS/c1-27(2,3)21-13-11-20(12-14-21)25-31-32-26(33(25)23-7-5-4-6-8-23)35-18-24(34)30-29-17-19-9-15-22(28)16-10-19/h4-17H,18H2,1-3H3,(H,30,34)/b29-17-. The molecule has 0 saturated carbocycles. The molecule has 0 bridgehead atoms. The van der Waals surface area contributed by atoms with Crippen LogP contribution in [0.5, 0.6) is 0 Å². The number of aromatic nitrogens is 3. The van der Waals surface area contributed by atoms with Crippen LogP contribution in [0.15, 0.2) is 89.1 Å². The van der Waals surface area contributed by atoms with Crippen LogP contribution in [0.3, 0.4) is 0 Å². The maximum absolute atomic E-state index is 13.0. The van der Waals surface area contributed by atoms with E-state index in [1.165, 1.54) is 35.7 Å². The number of nitrogens with zero attached hydrogens (tertiary/aromatic N) is 4. The van der Waals surface area contributed by atoms with Gasteiger partial charge in [0, 0.05) is 11.3 Å². The molecule has 1 heterocycles. The fourth-order valence-electron chi connectivity index (χ4n) is 3.37. The van der Waals surface area contributed by atoms with Crippen molar-refractivity contribution in [1.82, 2.24) is 20.2 Å². The van der Waals surface area contributed by atoms with E-state index in [1.807, 2.05) is 34.9 Å². The van der Waals surface area contributed by atoms with Crippen molar-refractivity contribution in [3.63, 3.8) is 0 Å². The Hall–Kier alpha value is -3.78. The van der Waals surface area contributed by atoms with Crippen molar-refractivity contribution in [2.45, 2.75) is 31.3 Å². The van der Waals surface area contributed by atoms with E-state index in [9.17, 15) is 9.18 Å². The highest BCUT2D eigenvalue weighted by atomic mass is 32.2. The second-order valence-electron chi connectivity index (χ2n) is 8.94. The van der Waals surface area contributed by atoms with Crippen LogP contribution in [0, 0.1) is 5.82 Å². The third kappa shape index (κ3) is 6.22. The molecule has 1 N–H and O–H groups in total. The number of amides is 1. The summed E-state index contributed by atoms with van der Waals surface area (Å²) in [5.74, 6) is 0.199. The molecule has 4 rings (SSSR count). The summed E-state index contributed by atoms with van der Waals surface area (Å²) in [4.78, 5) is 12.4. The molecule has 0 fully saturated rings. The van der Waals surface area contributed by atoms with Gasteiger partial charge in [0.2, 0.25) is 0 Å². The molecule has 178 valence electrons. The van der Waals surface area contributed by atoms with Crippen LogP contribution < -0.4 is 5.43 Å². The Morgan fingerprint density at radius 2 is 1.69 bits per heavy atom. The van der Waals surface area contributed by atoms with Crippen molar-refractivity contribution in [3.8, 4) is 17.1 Å². The number of rotatable bonds is 7. The maximum atomic E-state index is 13.0. The number of nitrogens with one attached hydrogen (secondary N) is 1. The van der Waals surface area contributed by atoms with Crippen molar-refractivity contribution in [2.75, 3.05) is 5.75 Å². The predicted octanol–water partition coefficient (Wildman–Crippen LogP) is 5.61. The molecule has 0 spiro atoms. The molecule has 0 aliphatic heterocycles. The Morgan fingerprint density at radius 3 is 2.34 bits per heavy atom. The minimum atomic E-state index is -0.324. The lowest BCUT2D eigenvalue weighted by Crippen LogP contribution is -2.20. The van der Waals surface area contributed by atoms with E-state index in [2.05, 4.69) is 65.8 Å². The molecule has 3 aromatic carbocycles. The maximum Gasteiger partial charge on any atom is 0.250 e. The highest BCUT2D eigenvalue weighted by Gasteiger charge is 2.19. The Morgan fingerprint density at radius 1 is 1.00 bits per heavy atom. The summed E-state index contributed by atoms with van der Waals surface area (Å²) in [6.07, 6.45) is 1.47. The average molecular weight is 488 g/mol. The van der Waals surface area contributed by atoms with Crippen molar-refractivity contribution >= 4 is 23.9 Å². The molecule has 0 aliphatic rings. The second kappa shape index (κ2) is 10.7. The topological polar surface area (TPSA) is 72.2 Å². The highest BCUT2D eigenvalue weighted by molar-refractivity contribution is 7.99. The van der Waals surface area contributed by atoms with Gasteiger partial charge in [-0.1, -0.05) is 87.1 Å². The van der Waals surface area contributed by atoms with Crippen LogP contribution in [0.25, 0.3) is 17.1 Å². The summed E-state index contributed by atoms with van der Waals surface area (Å²) in [5, 5.41) is 13.4. The summed E-state index contributed by atoms with van der Waals surface area (Å²) in [6, 6.07) is 24.0. The normalized spacial score (nSPS) is 11.7. The molecule has 0 atom stereocenters. The number of hydrogen-bond donors (Lipinski definition) is 1. The van der Waals surface area contributed by atoms with Crippen LogP contribution in [-0.2, 0) is 10.2 Å². The molecular formula is C27H26FN5OS. The third-order valence-electron chi connectivity index (χ3n) is 5.26. The Balaban J connectivity index is 1.51. The first kappa shape index (κ1) is 24.3. The number of para-hydroxylation sites is 1.